The predicted octanol–water partition coefficient (Wildman–Crippen LogP) is 8.59. The van der Waals surface area contributed by atoms with Gasteiger partial charge < -0.3 is 18.3 Å². The molecular weight excluding hydrogens is 561 g/mol. The average Bonchev–Trinajstić information content (AvgIpc) is 2.91. The van der Waals surface area contributed by atoms with E-state index in [2.05, 4.69) is 67.7 Å². The molecule has 0 spiro atoms. The summed E-state index contributed by atoms with van der Waals surface area (Å²) in [4.78, 5) is 24.9. The van der Waals surface area contributed by atoms with Crippen molar-refractivity contribution >= 4 is 28.6 Å². The normalized spacial score (nSPS) is 14.6. The van der Waals surface area contributed by atoms with Crippen molar-refractivity contribution in [2.24, 2.45) is 0 Å². The first-order valence-corrected chi connectivity index (χ1v) is 20.4. The molecule has 0 fully saturated rings. The molecule has 2 rings (SSSR count). The topological polar surface area (TPSA) is 71.1 Å². The minimum absolute atomic E-state index is 0.0324. The lowest BCUT2D eigenvalue weighted by Gasteiger charge is -2.43. The van der Waals surface area contributed by atoms with Gasteiger partial charge in [-0.2, -0.15) is 0 Å². The molecule has 0 N–H and O–H groups in total. The van der Waals surface area contributed by atoms with Gasteiger partial charge in [0.05, 0.1) is 23.3 Å². The summed E-state index contributed by atoms with van der Waals surface area (Å²) >= 11 is 0. The maximum atomic E-state index is 12.5. The van der Waals surface area contributed by atoms with Gasteiger partial charge in [0, 0.05) is 0 Å². The van der Waals surface area contributed by atoms with E-state index in [0.29, 0.717) is 11.1 Å². The van der Waals surface area contributed by atoms with Gasteiger partial charge in [0.15, 0.2) is 16.6 Å². The molecule has 42 heavy (non-hydrogen) atoms. The van der Waals surface area contributed by atoms with Gasteiger partial charge in [-0.3, -0.25) is 0 Å². The third-order valence-electron chi connectivity index (χ3n) is 8.09. The molecule has 2 aromatic rings. The van der Waals surface area contributed by atoms with E-state index in [1.165, 1.54) is 0 Å². The second kappa shape index (κ2) is 15.1. The molecule has 0 aliphatic carbocycles. The summed E-state index contributed by atoms with van der Waals surface area (Å²) in [6.45, 7) is 22.2. The molecule has 230 valence electrons. The van der Waals surface area contributed by atoms with E-state index in [1.54, 1.807) is 24.3 Å². The molecule has 8 heteroatoms. The number of hydrogen-bond acceptors (Lipinski definition) is 6. The van der Waals surface area contributed by atoms with Crippen LogP contribution in [-0.2, 0) is 18.3 Å². The van der Waals surface area contributed by atoms with Crippen molar-refractivity contribution in [2.45, 2.75) is 90.0 Å². The molecule has 0 heterocycles. The Bertz CT molecular complexity index is 1100. The molecule has 2 atom stereocenters. The van der Waals surface area contributed by atoms with Crippen LogP contribution in [0.25, 0.3) is 0 Å². The van der Waals surface area contributed by atoms with E-state index in [-0.39, 0.29) is 35.2 Å². The third kappa shape index (κ3) is 10.8. The van der Waals surface area contributed by atoms with E-state index < -0.39 is 28.8 Å². The number of rotatable bonds is 13. The van der Waals surface area contributed by atoms with Crippen LogP contribution in [-0.4, -0.2) is 54.0 Å². The van der Waals surface area contributed by atoms with Crippen LogP contribution in [0.2, 0.25) is 36.3 Å². The summed E-state index contributed by atoms with van der Waals surface area (Å²) in [6.07, 6.45) is 6.66. The van der Waals surface area contributed by atoms with Gasteiger partial charge >= 0.3 is 11.9 Å². The van der Waals surface area contributed by atoms with E-state index in [4.69, 9.17) is 18.3 Å². The smallest absolute Gasteiger partial charge is 0.338 e. The van der Waals surface area contributed by atoms with Gasteiger partial charge in [-0.15, -0.1) is 0 Å². The van der Waals surface area contributed by atoms with Gasteiger partial charge in [-0.05, 0) is 72.7 Å². The van der Waals surface area contributed by atoms with Crippen LogP contribution in [0.1, 0.15) is 62.3 Å². The fraction of sp³-hybridized carbons (Fsp3) is 0.471. The summed E-state index contributed by atoms with van der Waals surface area (Å²) < 4.78 is 24.8. The van der Waals surface area contributed by atoms with Gasteiger partial charge in [0.25, 0.3) is 0 Å². The molecule has 0 radical (unpaired) electrons. The maximum absolute atomic E-state index is 12.5. The van der Waals surface area contributed by atoms with E-state index >= 15 is 0 Å². The van der Waals surface area contributed by atoms with Crippen LogP contribution in [0.15, 0.2) is 85.0 Å². The second-order valence-electron chi connectivity index (χ2n) is 13.5. The summed E-state index contributed by atoms with van der Waals surface area (Å²) in [7, 11) is -4.48. The lowest BCUT2D eigenvalue weighted by Crippen LogP contribution is -2.51. The van der Waals surface area contributed by atoms with E-state index in [1.807, 2.05) is 60.7 Å². The number of carbonyl (C=O) groups is 2. The SMILES string of the molecule is CC(C)(C)[Si](C)(C)O[C@@H](/C=C\COC(=O)c1ccccc1)[C@H](/C=C/COC(=O)c1ccccc1)O[Si](C)(C)C(C)(C)C. The Morgan fingerprint density at radius 3 is 1.21 bits per heavy atom. The largest absolute Gasteiger partial charge is 0.458 e. The second-order valence-corrected chi connectivity index (χ2v) is 23.0. The summed E-state index contributed by atoms with van der Waals surface area (Å²) in [5.41, 5.74) is 1.01. The first-order chi connectivity index (χ1) is 19.4. The zero-order valence-electron chi connectivity index (χ0n) is 27.1. The highest BCUT2D eigenvalue weighted by molar-refractivity contribution is 6.74. The highest BCUT2D eigenvalue weighted by Crippen LogP contribution is 2.40. The third-order valence-corrected chi connectivity index (χ3v) is 17.0. The van der Waals surface area contributed by atoms with Crippen LogP contribution in [0.4, 0.5) is 0 Å². The molecule has 0 aromatic heterocycles. The number of benzene rings is 2. The quantitative estimate of drug-likeness (QED) is 0.128. The lowest BCUT2D eigenvalue weighted by molar-refractivity contribution is 0.0534. The molecule has 0 unspecified atom stereocenters. The molecule has 0 aliphatic rings. The number of ether oxygens (including phenoxy) is 2. The Labute approximate surface area is 255 Å². The van der Waals surface area contributed by atoms with Crippen molar-refractivity contribution in [3.05, 3.63) is 96.1 Å². The van der Waals surface area contributed by atoms with Crippen molar-refractivity contribution in [1.29, 1.82) is 0 Å². The van der Waals surface area contributed by atoms with E-state index in [0.717, 1.165) is 0 Å². The Morgan fingerprint density at radius 1 is 0.619 bits per heavy atom. The molecule has 0 amide bonds. The van der Waals surface area contributed by atoms with Crippen LogP contribution in [0, 0.1) is 0 Å². The fourth-order valence-corrected chi connectivity index (χ4v) is 5.90. The predicted molar refractivity (Wildman–Crippen MR) is 176 cm³/mol. The molecule has 6 nitrogen and oxygen atoms in total. The molecular formula is C34H50O6Si2. The first kappa shape index (κ1) is 35.4. The Balaban J connectivity index is 2.32. The summed E-state index contributed by atoms with van der Waals surface area (Å²) in [5, 5.41) is -0.0648. The Morgan fingerprint density at radius 2 is 0.929 bits per heavy atom. The Hall–Kier alpha value is -2.79. The van der Waals surface area contributed by atoms with E-state index in [9.17, 15) is 9.59 Å². The first-order valence-electron chi connectivity index (χ1n) is 14.6. The van der Waals surface area contributed by atoms with Crippen molar-refractivity contribution in [3.8, 4) is 0 Å². The van der Waals surface area contributed by atoms with Crippen LogP contribution in [0.3, 0.4) is 0 Å². The zero-order valence-corrected chi connectivity index (χ0v) is 29.1. The highest BCUT2D eigenvalue weighted by atomic mass is 28.4. The standard InChI is InChI=1S/C34H50O6Si2/c1-33(2,3)41(7,8)39-29(23-17-25-37-31(35)27-19-13-11-14-20-27)30(40-42(9,10)34(4,5)6)24-18-26-38-32(36)28-21-15-12-16-22-28/h11-24,29-30H,25-26H2,1-10H3/b23-17-,24-18+/t29-,30-/m0/s1. The molecule has 0 aliphatic heterocycles. The van der Waals surface area contributed by atoms with Gasteiger partial charge in [-0.1, -0.05) is 90.1 Å². The lowest BCUT2D eigenvalue weighted by atomic mass is 10.2. The fourth-order valence-electron chi connectivity index (χ4n) is 3.41. The Kier molecular flexibility index (Phi) is 12.7. The summed E-state index contributed by atoms with van der Waals surface area (Å²) in [6, 6.07) is 17.9. The van der Waals surface area contributed by atoms with Gasteiger partial charge in [0.2, 0.25) is 0 Å². The number of carbonyl (C=O) groups excluding carboxylic acids is 2. The van der Waals surface area contributed by atoms with Crippen molar-refractivity contribution in [2.75, 3.05) is 13.2 Å². The minimum atomic E-state index is -2.24. The van der Waals surface area contributed by atoms with Crippen molar-refractivity contribution < 1.29 is 27.9 Å². The average molecular weight is 611 g/mol. The monoisotopic (exact) mass is 610 g/mol. The van der Waals surface area contributed by atoms with Gasteiger partial charge in [-0.25, -0.2) is 9.59 Å². The molecule has 0 bridgehead atoms. The molecule has 0 saturated carbocycles. The summed E-state index contributed by atoms with van der Waals surface area (Å²) in [5.74, 6) is -0.757. The van der Waals surface area contributed by atoms with Crippen LogP contribution in [0.5, 0.6) is 0 Å². The van der Waals surface area contributed by atoms with Gasteiger partial charge in [0.1, 0.15) is 13.2 Å². The number of esters is 2. The highest BCUT2D eigenvalue weighted by Gasteiger charge is 2.43. The van der Waals surface area contributed by atoms with Crippen LogP contribution < -0.4 is 0 Å². The molecule has 2 aromatic carbocycles. The zero-order chi connectivity index (χ0) is 31.6. The van der Waals surface area contributed by atoms with Crippen molar-refractivity contribution in [1.82, 2.24) is 0 Å². The molecule has 0 saturated heterocycles. The maximum Gasteiger partial charge on any atom is 0.338 e. The minimum Gasteiger partial charge on any atom is -0.458 e. The number of hydrogen-bond donors (Lipinski definition) is 0. The van der Waals surface area contributed by atoms with Crippen molar-refractivity contribution in [3.63, 3.8) is 0 Å². The van der Waals surface area contributed by atoms with Crippen LogP contribution >= 0.6 is 0 Å².